The fourth-order valence-corrected chi connectivity index (χ4v) is 4.50. The van der Waals surface area contributed by atoms with E-state index in [4.69, 9.17) is 4.74 Å². The van der Waals surface area contributed by atoms with Gasteiger partial charge in [-0.2, -0.15) is 0 Å². The Labute approximate surface area is 195 Å². The van der Waals surface area contributed by atoms with Crippen LogP contribution in [-0.4, -0.2) is 47.2 Å². The summed E-state index contributed by atoms with van der Waals surface area (Å²) in [6.07, 6.45) is 4.21. The summed E-state index contributed by atoms with van der Waals surface area (Å²) in [5.74, 6) is -0.0600. The summed E-state index contributed by atoms with van der Waals surface area (Å²) in [5, 5.41) is 12.8. The third-order valence-corrected chi connectivity index (χ3v) is 6.19. The summed E-state index contributed by atoms with van der Waals surface area (Å²) in [6, 6.07) is 14.6. The number of aromatic carboxylic acids is 1. The van der Waals surface area contributed by atoms with Crippen LogP contribution < -0.4 is 10.1 Å². The molecular weight excluding hydrogens is 414 g/mol. The highest BCUT2D eigenvalue weighted by Gasteiger charge is 2.25. The summed E-state index contributed by atoms with van der Waals surface area (Å²) >= 11 is 0. The van der Waals surface area contributed by atoms with Crippen molar-refractivity contribution in [3.8, 4) is 16.9 Å². The number of anilines is 1. The number of ether oxygens (including phenoxy) is 1. The molecule has 0 fully saturated rings. The molecule has 0 spiro atoms. The number of aryl methyl sites for hydroxylation is 1. The smallest absolute Gasteiger partial charge is 0.337 e. The molecule has 33 heavy (non-hydrogen) atoms. The first-order chi connectivity index (χ1) is 15.8. The van der Waals surface area contributed by atoms with Crippen LogP contribution in [0.25, 0.3) is 11.1 Å². The molecule has 6 nitrogen and oxygen atoms in total. The SMILES string of the molecule is Cc1cc(OC(C)C)ccc1-c1ccc2c(c1)CCN(C)C2CNc1cnccc1C(=O)O. The van der Waals surface area contributed by atoms with Crippen LogP contribution in [-0.2, 0) is 6.42 Å². The highest BCUT2D eigenvalue weighted by Crippen LogP contribution is 2.34. The van der Waals surface area contributed by atoms with Gasteiger partial charge in [0.15, 0.2) is 0 Å². The largest absolute Gasteiger partial charge is 0.491 e. The standard InChI is InChI=1S/C27H31N3O3/c1-17(2)33-21-6-8-22(18(3)13-21)19-5-7-23-20(14-19)10-12-30(4)26(23)16-29-25-15-28-11-9-24(25)27(31)32/h5-9,11,13-15,17,26,29H,10,12,16H2,1-4H3,(H,31,32). The summed E-state index contributed by atoms with van der Waals surface area (Å²) < 4.78 is 5.84. The fourth-order valence-electron chi connectivity index (χ4n) is 4.50. The van der Waals surface area contributed by atoms with Crippen molar-refractivity contribution in [1.29, 1.82) is 0 Å². The number of carboxylic acids is 1. The number of fused-ring (bicyclic) bond motifs is 1. The number of nitrogens with zero attached hydrogens (tertiary/aromatic N) is 2. The molecule has 0 aliphatic carbocycles. The molecule has 2 N–H and O–H groups in total. The Morgan fingerprint density at radius 1 is 1.24 bits per heavy atom. The quantitative estimate of drug-likeness (QED) is 0.522. The Morgan fingerprint density at radius 3 is 2.79 bits per heavy atom. The van der Waals surface area contributed by atoms with Crippen molar-refractivity contribution in [2.45, 2.75) is 39.3 Å². The van der Waals surface area contributed by atoms with Gasteiger partial charge in [-0.25, -0.2) is 4.79 Å². The van der Waals surface area contributed by atoms with E-state index in [1.54, 1.807) is 6.20 Å². The lowest BCUT2D eigenvalue weighted by atomic mass is 9.89. The van der Waals surface area contributed by atoms with Gasteiger partial charge in [-0.05, 0) is 80.3 Å². The lowest BCUT2D eigenvalue weighted by Crippen LogP contribution is -2.36. The van der Waals surface area contributed by atoms with E-state index in [1.165, 1.54) is 40.1 Å². The van der Waals surface area contributed by atoms with Crippen LogP contribution in [0.1, 0.15) is 46.9 Å². The van der Waals surface area contributed by atoms with Gasteiger partial charge < -0.3 is 15.2 Å². The summed E-state index contributed by atoms with van der Waals surface area (Å²) in [4.78, 5) is 17.9. The number of rotatable bonds is 7. The minimum atomic E-state index is -0.956. The Balaban J connectivity index is 1.58. The number of hydrogen-bond acceptors (Lipinski definition) is 5. The zero-order chi connectivity index (χ0) is 23.5. The fraction of sp³-hybridized carbons (Fsp3) is 0.333. The van der Waals surface area contributed by atoms with Crippen LogP contribution in [0.15, 0.2) is 54.9 Å². The molecule has 2 heterocycles. The van der Waals surface area contributed by atoms with E-state index in [1.807, 2.05) is 19.9 Å². The van der Waals surface area contributed by atoms with Gasteiger partial charge >= 0.3 is 5.97 Å². The maximum absolute atomic E-state index is 11.5. The van der Waals surface area contributed by atoms with Gasteiger partial charge in [0.2, 0.25) is 0 Å². The van der Waals surface area contributed by atoms with Crippen molar-refractivity contribution in [3.05, 3.63) is 77.1 Å². The van der Waals surface area contributed by atoms with Crippen LogP contribution in [0.3, 0.4) is 0 Å². The van der Waals surface area contributed by atoms with E-state index in [-0.39, 0.29) is 17.7 Å². The van der Waals surface area contributed by atoms with Crippen molar-refractivity contribution in [1.82, 2.24) is 9.88 Å². The number of pyridine rings is 1. The lowest BCUT2D eigenvalue weighted by molar-refractivity contribution is 0.0697. The van der Waals surface area contributed by atoms with Crippen LogP contribution in [0, 0.1) is 6.92 Å². The zero-order valence-electron chi connectivity index (χ0n) is 19.6. The number of likely N-dealkylation sites (N-methyl/N-ethyl adjacent to an activating group) is 1. The maximum Gasteiger partial charge on any atom is 0.337 e. The van der Waals surface area contributed by atoms with Crippen LogP contribution >= 0.6 is 0 Å². The molecule has 0 amide bonds. The molecule has 0 saturated heterocycles. The second kappa shape index (κ2) is 9.63. The molecule has 3 aromatic rings. The normalized spacial score (nSPS) is 15.8. The topological polar surface area (TPSA) is 74.7 Å². The maximum atomic E-state index is 11.5. The van der Waals surface area contributed by atoms with E-state index in [0.29, 0.717) is 12.2 Å². The molecule has 1 unspecified atom stereocenters. The molecule has 6 heteroatoms. The number of hydrogen-bond donors (Lipinski definition) is 2. The average Bonchev–Trinajstić information content (AvgIpc) is 2.78. The van der Waals surface area contributed by atoms with Crippen molar-refractivity contribution in [2.24, 2.45) is 0 Å². The summed E-state index contributed by atoms with van der Waals surface area (Å²) in [5.41, 5.74) is 7.00. The second-order valence-electron chi connectivity index (χ2n) is 8.91. The highest BCUT2D eigenvalue weighted by atomic mass is 16.5. The first kappa shape index (κ1) is 22.8. The molecule has 1 aliphatic rings. The van der Waals surface area contributed by atoms with Crippen LogP contribution in [0.4, 0.5) is 5.69 Å². The minimum Gasteiger partial charge on any atom is -0.491 e. The van der Waals surface area contributed by atoms with Gasteiger partial charge in [0.05, 0.1) is 29.6 Å². The minimum absolute atomic E-state index is 0.146. The van der Waals surface area contributed by atoms with Gasteiger partial charge in [0.1, 0.15) is 5.75 Å². The third kappa shape index (κ3) is 5.01. The van der Waals surface area contributed by atoms with Gasteiger partial charge in [0, 0.05) is 19.3 Å². The highest BCUT2D eigenvalue weighted by molar-refractivity contribution is 5.93. The molecule has 0 radical (unpaired) electrons. The number of carboxylic acid groups (broad SMARTS) is 1. The van der Waals surface area contributed by atoms with E-state index in [9.17, 15) is 9.90 Å². The second-order valence-corrected chi connectivity index (χ2v) is 8.91. The summed E-state index contributed by atoms with van der Waals surface area (Å²) in [7, 11) is 2.11. The summed E-state index contributed by atoms with van der Waals surface area (Å²) in [6.45, 7) is 7.74. The molecule has 0 saturated carbocycles. The van der Waals surface area contributed by atoms with Crippen molar-refractivity contribution in [2.75, 3.05) is 25.5 Å². The van der Waals surface area contributed by atoms with E-state index in [0.717, 1.165) is 18.7 Å². The predicted octanol–water partition coefficient (Wildman–Crippen LogP) is 5.18. The average molecular weight is 446 g/mol. The molecule has 1 atom stereocenters. The first-order valence-corrected chi connectivity index (χ1v) is 11.4. The Hall–Kier alpha value is -3.38. The number of nitrogens with one attached hydrogen (secondary N) is 1. The van der Waals surface area contributed by atoms with E-state index < -0.39 is 5.97 Å². The Bertz CT molecular complexity index is 1160. The Kier molecular flexibility index (Phi) is 6.65. The number of benzene rings is 2. The van der Waals surface area contributed by atoms with Crippen molar-refractivity contribution < 1.29 is 14.6 Å². The predicted molar refractivity (Wildman–Crippen MR) is 131 cm³/mol. The molecule has 1 aliphatic heterocycles. The van der Waals surface area contributed by atoms with Crippen LogP contribution in [0.5, 0.6) is 5.75 Å². The lowest BCUT2D eigenvalue weighted by Gasteiger charge is -2.35. The molecule has 1 aromatic heterocycles. The monoisotopic (exact) mass is 445 g/mol. The van der Waals surface area contributed by atoms with Crippen molar-refractivity contribution in [3.63, 3.8) is 0 Å². The van der Waals surface area contributed by atoms with Crippen LogP contribution in [0.2, 0.25) is 0 Å². The first-order valence-electron chi connectivity index (χ1n) is 11.4. The number of carbonyl (C=O) groups is 1. The molecule has 172 valence electrons. The Morgan fingerprint density at radius 2 is 2.06 bits per heavy atom. The number of aromatic nitrogens is 1. The molecule has 0 bridgehead atoms. The van der Waals surface area contributed by atoms with Gasteiger partial charge in [-0.3, -0.25) is 9.88 Å². The van der Waals surface area contributed by atoms with Gasteiger partial charge in [0.25, 0.3) is 0 Å². The van der Waals surface area contributed by atoms with E-state index >= 15 is 0 Å². The molecular formula is C27H31N3O3. The van der Waals surface area contributed by atoms with Gasteiger partial charge in [-0.1, -0.05) is 24.3 Å². The van der Waals surface area contributed by atoms with E-state index in [2.05, 4.69) is 59.5 Å². The molecule has 4 rings (SSSR count). The van der Waals surface area contributed by atoms with Gasteiger partial charge in [-0.15, -0.1) is 0 Å². The van der Waals surface area contributed by atoms with Crippen molar-refractivity contribution >= 4 is 11.7 Å². The third-order valence-electron chi connectivity index (χ3n) is 6.19. The zero-order valence-corrected chi connectivity index (χ0v) is 19.6. The molecule has 2 aromatic carbocycles.